The third kappa shape index (κ3) is 13.9. The van der Waals surface area contributed by atoms with Crippen molar-refractivity contribution in [1.29, 1.82) is 0 Å². The first-order valence-corrected chi connectivity index (χ1v) is 12.1. The van der Waals surface area contributed by atoms with E-state index < -0.39 is 29.6 Å². The zero-order valence-electron chi connectivity index (χ0n) is 21.5. The summed E-state index contributed by atoms with van der Waals surface area (Å²) in [5.74, 6) is -2.90. The third-order valence-corrected chi connectivity index (χ3v) is 5.80. The van der Waals surface area contributed by atoms with Gasteiger partial charge in [-0.05, 0) is 40.0 Å². The second-order valence-electron chi connectivity index (χ2n) is 9.66. The van der Waals surface area contributed by atoms with E-state index in [0.717, 1.165) is 0 Å². The van der Waals surface area contributed by atoms with Crippen molar-refractivity contribution in [2.24, 2.45) is 17.8 Å². The van der Waals surface area contributed by atoms with Crippen LogP contribution in [0.15, 0.2) is 0 Å². The lowest BCUT2D eigenvalue weighted by Gasteiger charge is -2.21. The summed E-state index contributed by atoms with van der Waals surface area (Å²) in [5.41, 5.74) is 0. The van der Waals surface area contributed by atoms with Gasteiger partial charge in [0.1, 0.15) is 28.9 Å². The minimum absolute atomic E-state index is 0.0119. The summed E-state index contributed by atoms with van der Waals surface area (Å²) in [6.07, 6.45) is 1.86. The van der Waals surface area contributed by atoms with E-state index in [9.17, 15) is 33.6 Å². The molecule has 192 valence electrons. The first kappa shape index (κ1) is 31.5. The van der Waals surface area contributed by atoms with Gasteiger partial charge in [-0.3, -0.25) is 24.0 Å². The van der Waals surface area contributed by atoms with Crippen LogP contribution in [0.25, 0.3) is 0 Å². The van der Waals surface area contributed by atoms with Crippen molar-refractivity contribution in [1.82, 2.24) is 5.32 Å². The maximum absolute atomic E-state index is 12.8. The Kier molecular flexibility index (Phi) is 15.0. The van der Waals surface area contributed by atoms with Crippen LogP contribution in [0.3, 0.4) is 0 Å². The molecule has 0 bridgehead atoms. The highest BCUT2D eigenvalue weighted by Gasteiger charge is 2.28. The highest BCUT2D eigenvalue weighted by molar-refractivity contribution is 5.95. The molecule has 0 aliphatic carbocycles. The van der Waals surface area contributed by atoms with Crippen molar-refractivity contribution in [3.63, 3.8) is 0 Å². The Morgan fingerprint density at radius 2 is 1.26 bits per heavy atom. The Morgan fingerprint density at radius 1 is 0.676 bits per heavy atom. The van der Waals surface area contributed by atoms with Crippen LogP contribution in [0.5, 0.6) is 0 Å². The molecule has 0 aromatic rings. The lowest BCUT2D eigenvalue weighted by Crippen LogP contribution is -2.44. The van der Waals surface area contributed by atoms with Crippen LogP contribution in [0.1, 0.15) is 99.3 Å². The number of ketones is 6. The molecule has 0 aliphatic rings. The predicted molar refractivity (Wildman–Crippen MR) is 128 cm³/mol. The van der Waals surface area contributed by atoms with Crippen LogP contribution in [0.2, 0.25) is 0 Å². The largest absolute Gasteiger partial charge is 0.346 e. The van der Waals surface area contributed by atoms with Crippen LogP contribution in [0, 0.1) is 17.8 Å². The smallest absolute Gasteiger partial charge is 0.223 e. The Labute approximate surface area is 203 Å². The molecule has 0 radical (unpaired) electrons. The van der Waals surface area contributed by atoms with Gasteiger partial charge in [0.05, 0.1) is 6.04 Å². The molecule has 0 spiro atoms. The Bertz CT molecular complexity index is 769. The zero-order chi connectivity index (χ0) is 26.4. The van der Waals surface area contributed by atoms with Crippen molar-refractivity contribution < 1.29 is 33.6 Å². The summed E-state index contributed by atoms with van der Waals surface area (Å²) >= 11 is 0. The van der Waals surface area contributed by atoms with Crippen LogP contribution in [0.4, 0.5) is 0 Å². The second-order valence-corrected chi connectivity index (χ2v) is 9.66. The van der Waals surface area contributed by atoms with E-state index in [0.29, 0.717) is 19.3 Å². The van der Waals surface area contributed by atoms with Crippen molar-refractivity contribution in [3.8, 4) is 0 Å². The topological polar surface area (TPSA) is 132 Å². The average Bonchev–Trinajstić information content (AvgIpc) is 2.72. The summed E-state index contributed by atoms with van der Waals surface area (Å²) < 4.78 is 0. The Morgan fingerprint density at radius 3 is 1.76 bits per heavy atom. The molecule has 0 saturated carbocycles. The number of carbonyl (C=O) groups excluding carboxylic acids is 7. The standard InChI is InChI=1S/C26H41NO7/c1-16(2)24(32)10-8-7-9-22(31)13-17(3)26(34)27-23(12-11-18(4)28)25(33)15-21(20(6)30)14-19(5)29/h16-17,21,23H,7-15H2,1-6H3,(H,27,34)/t17-,21-,23+/m1/s1. The quantitative estimate of drug-likeness (QED) is 0.281. The summed E-state index contributed by atoms with van der Waals surface area (Å²) in [6.45, 7) is 9.31. The SMILES string of the molecule is CC(=O)CC[C@H](NC(=O)[C@H](C)CC(=O)CCCCC(=O)C(C)C)C(=O)C[C@@H](CC(C)=O)C(C)=O. The minimum atomic E-state index is -0.968. The minimum Gasteiger partial charge on any atom is -0.346 e. The number of hydrogen-bond donors (Lipinski definition) is 1. The molecule has 1 amide bonds. The van der Waals surface area contributed by atoms with Gasteiger partial charge in [-0.25, -0.2) is 0 Å². The van der Waals surface area contributed by atoms with Gasteiger partial charge in [-0.15, -0.1) is 0 Å². The Balaban J connectivity index is 4.92. The molecule has 1 N–H and O–H groups in total. The molecule has 0 unspecified atom stereocenters. The van der Waals surface area contributed by atoms with Gasteiger partial charge in [0.25, 0.3) is 0 Å². The van der Waals surface area contributed by atoms with E-state index in [1.54, 1.807) is 6.92 Å². The van der Waals surface area contributed by atoms with E-state index in [-0.39, 0.29) is 73.4 Å². The summed E-state index contributed by atoms with van der Waals surface area (Å²) in [5, 5.41) is 2.64. The van der Waals surface area contributed by atoms with Gasteiger partial charge in [0.2, 0.25) is 5.91 Å². The van der Waals surface area contributed by atoms with Crippen molar-refractivity contribution in [2.75, 3.05) is 0 Å². The highest BCUT2D eigenvalue weighted by atomic mass is 16.2. The lowest BCUT2D eigenvalue weighted by molar-refractivity contribution is -0.134. The molecule has 0 heterocycles. The number of Topliss-reactive ketones (excluding diaryl/α,β-unsaturated/α-hetero) is 6. The maximum atomic E-state index is 12.8. The highest BCUT2D eigenvalue weighted by Crippen LogP contribution is 2.16. The van der Waals surface area contributed by atoms with Crippen molar-refractivity contribution in [2.45, 2.75) is 105 Å². The molecular weight excluding hydrogens is 438 g/mol. The van der Waals surface area contributed by atoms with Gasteiger partial charge in [-0.1, -0.05) is 20.8 Å². The molecule has 0 fully saturated rings. The summed E-state index contributed by atoms with van der Waals surface area (Å²) in [6, 6.07) is -0.968. The maximum Gasteiger partial charge on any atom is 0.223 e. The molecule has 8 heteroatoms. The van der Waals surface area contributed by atoms with Gasteiger partial charge in [0, 0.05) is 56.3 Å². The van der Waals surface area contributed by atoms with Crippen LogP contribution < -0.4 is 5.32 Å². The fourth-order valence-electron chi connectivity index (χ4n) is 3.51. The molecule has 0 aliphatic heterocycles. The van der Waals surface area contributed by atoms with E-state index >= 15 is 0 Å². The first-order valence-electron chi connectivity index (χ1n) is 12.1. The van der Waals surface area contributed by atoms with E-state index in [1.807, 2.05) is 13.8 Å². The first-order chi connectivity index (χ1) is 15.7. The number of carbonyl (C=O) groups is 7. The third-order valence-electron chi connectivity index (χ3n) is 5.80. The number of nitrogens with one attached hydrogen (secondary N) is 1. The zero-order valence-corrected chi connectivity index (χ0v) is 21.5. The van der Waals surface area contributed by atoms with E-state index in [4.69, 9.17) is 0 Å². The van der Waals surface area contributed by atoms with Crippen LogP contribution >= 0.6 is 0 Å². The predicted octanol–water partition coefficient (Wildman–Crippen LogP) is 3.36. The molecule has 0 aromatic heterocycles. The van der Waals surface area contributed by atoms with E-state index in [1.165, 1.54) is 20.8 Å². The molecule has 34 heavy (non-hydrogen) atoms. The molecule has 3 atom stereocenters. The monoisotopic (exact) mass is 479 g/mol. The summed E-state index contributed by atoms with van der Waals surface area (Å²) in [4.78, 5) is 84.1. The molecule has 0 rings (SSSR count). The van der Waals surface area contributed by atoms with Gasteiger partial charge < -0.3 is 14.9 Å². The molecule has 0 saturated heterocycles. The fourth-order valence-corrected chi connectivity index (χ4v) is 3.51. The fraction of sp³-hybridized carbons (Fsp3) is 0.731. The normalized spacial score (nSPS) is 13.6. The van der Waals surface area contributed by atoms with Crippen LogP contribution in [-0.4, -0.2) is 46.6 Å². The molecular formula is C26H41NO7. The van der Waals surface area contributed by atoms with Gasteiger partial charge in [0.15, 0.2) is 5.78 Å². The Hall–Kier alpha value is -2.51. The molecule has 8 nitrogen and oxygen atoms in total. The van der Waals surface area contributed by atoms with Crippen molar-refractivity contribution in [3.05, 3.63) is 0 Å². The number of hydrogen-bond acceptors (Lipinski definition) is 7. The van der Waals surface area contributed by atoms with E-state index in [2.05, 4.69) is 5.32 Å². The molecule has 0 aromatic carbocycles. The van der Waals surface area contributed by atoms with Crippen LogP contribution in [-0.2, 0) is 33.6 Å². The summed E-state index contributed by atoms with van der Waals surface area (Å²) in [7, 11) is 0. The number of unbranched alkanes of at least 4 members (excludes halogenated alkanes) is 1. The average molecular weight is 480 g/mol. The number of rotatable bonds is 19. The second kappa shape index (κ2) is 16.2. The van der Waals surface area contributed by atoms with Crippen molar-refractivity contribution >= 4 is 40.6 Å². The van der Waals surface area contributed by atoms with Gasteiger partial charge in [-0.2, -0.15) is 0 Å². The number of amides is 1. The van der Waals surface area contributed by atoms with Gasteiger partial charge >= 0.3 is 0 Å². The lowest BCUT2D eigenvalue weighted by atomic mass is 9.89.